The Labute approximate surface area is 631 Å². The predicted octanol–water partition coefficient (Wildman–Crippen LogP) is 8.15. The molecule has 0 bridgehead atoms. The zero-order valence-corrected chi connectivity index (χ0v) is 57.6. The number of fused-ring (bicyclic) bond motifs is 6. The van der Waals surface area contributed by atoms with Gasteiger partial charge in [0.1, 0.15) is 65.1 Å². The van der Waals surface area contributed by atoms with Gasteiger partial charge in [0.25, 0.3) is 5.89 Å². The number of allylic oxidation sites excluding steroid dienone is 3. The van der Waals surface area contributed by atoms with Gasteiger partial charge in [-0.1, -0.05) is 6.07 Å². The molecule has 5 aliphatic heterocycles. The number of aromatic nitrogens is 8. The molecule has 0 aliphatic carbocycles. The molecule has 15 rings (SSSR count). The maximum absolute atomic E-state index is 10.3. The van der Waals surface area contributed by atoms with Crippen molar-refractivity contribution in [1.29, 1.82) is 42.1 Å². The Balaban J connectivity index is 0.000000159. The van der Waals surface area contributed by atoms with Crippen molar-refractivity contribution in [3.05, 3.63) is 281 Å². The fraction of sp³-hybridized carbons (Fsp3) is 0.0811. The van der Waals surface area contributed by atoms with Gasteiger partial charge in [0.05, 0.1) is 129 Å². The van der Waals surface area contributed by atoms with Gasteiger partial charge in [0.15, 0.2) is 63.3 Å². The van der Waals surface area contributed by atoms with E-state index >= 15 is 0 Å². The lowest BCUT2D eigenvalue weighted by Crippen LogP contribution is -2.41. The van der Waals surface area contributed by atoms with Crippen LogP contribution in [-0.2, 0) is 9.31 Å². The van der Waals surface area contributed by atoms with Crippen LogP contribution >= 0.6 is 11.6 Å². The second-order valence-electron chi connectivity index (χ2n) is 23.6. The lowest BCUT2D eigenvalue weighted by atomic mass is 9.90. The molecule has 514 valence electrons. The van der Waals surface area contributed by atoms with Gasteiger partial charge >= 0.3 is 24.3 Å². The SMILES string of the molecule is [C-]#[N+]/C(C#N)=C1/N=c2ccc(-c3nc(-c4nc5cc([N+]#[C-])c(C#N)cc5o4)nc(-c4ccc5c(c4C#N)=N/C(=C(\C#N)[N+]#[C-])N=5)n3)c([N+]#[C-])c2=N1.[C-]#[N+]C([N+]#[C-])=C1N=c2ccc(-c3nc(Cl)nc(-c4ccc5c(c4C#N)=NC(=C(C#N)C#N)N=5)n3)c(C#N)c2=N1.[C-]#[N+]c1cc2nc(B3OC(C)(C)C(C)(C)O3)oc2cc1[N+]#[C-]. The molecule has 112 heavy (non-hydrogen) atoms. The standard InChI is InChI=1S/C34H6N16O.C25H4ClN13.C15H14BN3O3/c1-39-21-10-22-25(9-15(21)11-35)51-34(45-22)33-49-29(16-5-7-19-26(18(16)12-36)46-31(43-19)23(13-37)40-2)48-30(50-33)17-6-8-20-28(27(17)42-4)47-32(44-20)24(14-38)41-3;1-31-23(32-2)24-34-17-6-4-13(15(10-30)19(17)36-24)22-37-21(38-25(26)39-22)12-3-5-16-18(14(12)9-29)35-20(33-16)11(7-27)8-28;1-14(2)15(3,4)22-16(21-14)13-19-11-7-9(17-5)10(18-6)8-12(11)20-13/h5-10H;3-6H;7-8H,1-4H3/b31-23+,32-24-;;. The zero-order valence-electron chi connectivity index (χ0n) is 56.8. The van der Waals surface area contributed by atoms with Crippen molar-refractivity contribution in [2.24, 2.45) is 39.9 Å². The van der Waals surface area contributed by atoms with Crippen LogP contribution < -0.4 is 48.6 Å². The lowest BCUT2D eigenvalue weighted by molar-refractivity contribution is 0.00578. The van der Waals surface area contributed by atoms with Crippen LogP contribution in [0.2, 0.25) is 5.28 Å². The minimum Gasteiger partial charge on any atom is -0.445 e. The molecule has 0 unspecified atom stereocenters. The highest BCUT2D eigenvalue weighted by Gasteiger charge is 2.54. The highest BCUT2D eigenvalue weighted by molar-refractivity contribution is 6.60. The van der Waals surface area contributed by atoms with Gasteiger partial charge < -0.3 is 18.1 Å². The summed E-state index contributed by atoms with van der Waals surface area (Å²) in [4.78, 5) is 95.1. The molecule has 4 aromatic heterocycles. The molecular weight excluding hydrogens is 1450 g/mol. The van der Waals surface area contributed by atoms with Crippen LogP contribution in [-0.4, -0.2) is 58.2 Å². The summed E-state index contributed by atoms with van der Waals surface area (Å²) < 4.78 is 23.4. The van der Waals surface area contributed by atoms with E-state index in [2.05, 4.69) is 125 Å². The summed E-state index contributed by atoms with van der Waals surface area (Å²) >= 11 is 6.21. The first-order chi connectivity index (χ1) is 54.1. The van der Waals surface area contributed by atoms with Gasteiger partial charge in [0.2, 0.25) is 34.1 Å². The van der Waals surface area contributed by atoms with Crippen molar-refractivity contribution < 1.29 is 18.1 Å². The molecule has 38 heteroatoms. The summed E-state index contributed by atoms with van der Waals surface area (Å²) in [5, 5.41) is 77.9. The summed E-state index contributed by atoms with van der Waals surface area (Å²) in [7, 11) is -0.704. The van der Waals surface area contributed by atoms with Crippen LogP contribution in [0.25, 0.3) is 118 Å². The van der Waals surface area contributed by atoms with Crippen LogP contribution in [0.4, 0.5) is 22.7 Å². The molecule has 9 heterocycles. The third-order valence-electron chi connectivity index (χ3n) is 16.9. The van der Waals surface area contributed by atoms with Crippen LogP contribution in [0.15, 0.2) is 168 Å². The van der Waals surface area contributed by atoms with E-state index < -0.39 is 18.3 Å². The number of hydrogen-bond donors (Lipinski definition) is 0. The largest absolute Gasteiger partial charge is 0.564 e. The average Bonchev–Trinajstić information content (AvgIpc) is 1.68. The minimum atomic E-state index is -0.704. The van der Waals surface area contributed by atoms with Crippen LogP contribution in [0.1, 0.15) is 49.9 Å². The van der Waals surface area contributed by atoms with E-state index in [1.807, 2.05) is 45.9 Å². The highest BCUT2D eigenvalue weighted by Crippen LogP contribution is 2.39. The van der Waals surface area contributed by atoms with Crippen molar-refractivity contribution in [3.8, 4) is 106 Å². The Morgan fingerprint density at radius 1 is 0.411 bits per heavy atom. The summed E-state index contributed by atoms with van der Waals surface area (Å²) in [6.45, 7) is 66.2. The fourth-order valence-electron chi connectivity index (χ4n) is 11.0. The first-order valence-electron chi connectivity index (χ1n) is 31.1. The number of hydrogen-bond acceptors (Lipinski definition) is 28. The molecule has 6 aromatic carbocycles. The molecule has 0 amide bonds. The Kier molecular flexibility index (Phi) is 18.5. The predicted molar refractivity (Wildman–Crippen MR) is 379 cm³/mol. The normalized spacial score (nSPS) is 14.1. The van der Waals surface area contributed by atoms with Gasteiger partial charge in [0, 0.05) is 22.3 Å². The number of nitrogens with zero attached hydrogens (tertiary/aromatic N) is 32. The van der Waals surface area contributed by atoms with E-state index in [4.69, 9.17) is 92.8 Å². The second-order valence-corrected chi connectivity index (χ2v) is 24.0. The quantitative estimate of drug-likeness (QED) is 0.0860. The lowest BCUT2D eigenvalue weighted by Gasteiger charge is -2.32. The van der Waals surface area contributed by atoms with Gasteiger partial charge in [-0.15, -0.1) is 0 Å². The summed E-state index contributed by atoms with van der Waals surface area (Å²) in [6, 6.07) is 32.9. The van der Waals surface area contributed by atoms with Gasteiger partial charge in [-0.05, 0) is 106 Å². The van der Waals surface area contributed by atoms with E-state index in [9.17, 15) is 31.6 Å². The monoisotopic (exact) mass is 1470 g/mol. The highest BCUT2D eigenvalue weighted by atomic mass is 35.5. The minimum absolute atomic E-state index is 0.00425. The number of oxazole rings is 2. The second kappa shape index (κ2) is 28.8. The Hall–Kier alpha value is -18.2. The van der Waals surface area contributed by atoms with E-state index in [0.29, 0.717) is 22.2 Å². The molecule has 36 nitrogen and oxygen atoms in total. The first kappa shape index (κ1) is 72.1. The maximum atomic E-state index is 10.3. The number of nitriles is 8. The summed E-state index contributed by atoms with van der Waals surface area (Å²) in [5.41, 5.74) is 0.683. The third kappa shape index (κ3) is 12.6. The van der Waals surface area contributed by atoms with Gasteiger partial charge in [-0.25, -0.2) is 105 Å². The molecule has 0 saturated carbocycles. The Morgan fingerprint density at radius 3 is 1.30 bits per heavy atom. The molecule has 0 radical (unpaired) electrons. The van der Waals surface area contributed by atoms with Crippen LogP contribution in [0, 0.1) is 143 Å². The topological polar surface area (TPSA) is 472 Å². The molecule has 1 fully saturated rings. The average molecular weight is 1470 g/mol. The molecule has 1 saturated heterocycles. The summed E-state index contributed by atoms with van der Waals surface area (Å²) in [5.74, 6) is -1.06. The van der Waals surface area contributed by atoms with Crippen LogP contribution in [0.3, 0.4) is 0 Å². The van der Waals surface area contributed by atoms with E-state index in [1.165, 1.54) is 66.7 Å². The number of rotatable bonds is 6. The van der Waals surface area contributed by atoms with E-state index in [-0.39, 0.29) is 202 Å². The van der Waals surface area contributed by atoms with Crippen molar-refractivity contribution in [3.63, 3.8) is 0 Å². The zero-order chi connectivity index (χ0) is 79.6. The van der Waals surface area contributed by atoms with E-state index in [0.717, 1.165) is 0 Å². The van der Waals surface area contributed by atoms with Crippen LogP contribution in [0.5, 0.6) is 0 Å². The molecule has 5 aliphatic rings. The molecular formula is C74H24BClN32O4. The molecule has 10 aromatic rings. The first-order valence-corrected chi connectivity index (χ1v) is 31.5. The Bertz CT molecular complexity index is 7110. The van der Waals surface area contributed by atoms with Crippen molar-refractivity contribution in [2.75, 3.05) is 0 Å². The third-order valence-corrected chi connectivity index (χ3v) is 17.1. The summed E-state index contributed by atoms with van der Waals surface area (Å²) in [6.07, 6.45) is 0. The maximum Gasteiger partial charge on any atom is 0.564 e. The van der Waals surface area contributed by atoms with Crippen molar-refractivity contribution >= 4 is 69.5 Å². The van der Waals surface area contributed by atoms with E-state index in [1.54, 1.807) is 30.3 Å². The molecule has 0 spiro atoms. The fourth-order valence-corrected chi connectivity index (χ4v) is 11.1. The van der Waals surface area contributed by atoms with Gasteiger partial charge in [-0.2, -0.15) is 51.2 Å². The van der Waals surface area contributed by atoms with Crippen molar-refractivity contribution in [1.82, 2.24) is 39.9 Å². The Morgan fingerprint density at radius 2 is 0.830 bits per heavy atom. The number of benzene rings is 6. The van der Waals surface area contributed by atoms with Gasteiger partial charge in [-0.3, -0.25) is 4.85 Å². The molecule has 0 atom stereocenters. The molecule has 0 N–H and O–H groups in total. The number of halogens is 1. The van der Waals surface area contributed by atoms with Crippen molar-refractivity contribution in [2.45, 2.75) is 38.9 Å². The smallest absolute Gasteiger partial charge is 0.445 e.